The van der Waals surface area contributed by atoms with E-state index in [9.17, 15) is 4.79 Å². The molecule has 0 radical (unpaired) electrons. The quantitative estimate of drug-likeness (QED) is 0.331. The maximum atomic E-state index is 14.3. The first-order chi connectivity index (χ1) is 17.2. The van der Waals surface area contributed by atoms with Gasteiger partial charge in [-0.25, -0.2) is 9.69 Å². The molecular weight excluding hydrogens is 452 g/mol. The molecule has 0 bridgehead atoms. The lowest BCUT2D eigenvalue weighted by molar-refractivity contribution is 0.254. The lowest BCUT2D eigenvalue weighted by atomic mass is 10.1. The molecule has 0 atom stereocenters. The van der Waals surface area contributed by atoms with Crippen LogP contribution in [0.15, 0.2) is 121 Å². The molecule has 0 aromatic heterocycles. The standard InChI is InChI=1S/C29H24N4OS/c34-28-32(25-17-9-3-10-18-25)27(35)29(33(28)26-19-11-4-12-20-26)30(23-13-5-1-6-14-23)21-22-31(29)24-15-7-2-8-16-24/h1-20H,21-22H2. The van der Waals surface area contributed by atoms with Gasteiger partial charge in [0.25, 0.3) is 5.79 Å². The van der Waals surface area contributed by atoms with Gasteiger partial charge in [0.2, 0.25) is 0 Å². The van der Waals surface area contributed by atoms with E-state index in [2.05, 4.69) is 34.1 Å². The molecule has 2 aliphatic heterocycles. The number of hydrogen-bond acceptors (Lipinski definition) is 4. The van der Waals surface area contributed by atoms with Gasteiger partial charge in [0.05, 0.1) is 11.4 Å². The number of amides is 2. The Labute approximate surface area is 210 Å². The second-order valence-electron chi connectivity index (χ2n) is 8.54. The van der Waals surface area contributed by atoms with E-state index in [-0.39, 0.29) is 6.03 Å². The number of urea groups is 1. The molecule has 4 aromatic rings. The summed E-state index contributed by atoms with van der Waals surface area (Å²) in [6, 6.07) is 39.8. The molecule has 6 heteroatoms. The van der Waals surface area contributed by atoms with Gasteiger partial charge >= 0.3 is 6.03 Å². The van der Waals surface area contributed by atoms with Crippen LogP contribution in [0.2, 0.25) is 0 Å². The third-order valence-electron chi connectivity index (χ3n) is 6.65. The zero-order chi connectivity index (χ0) is 23.8. The largest absolute Gasteiger partial charge is 0.337 e. The number of hydrogen-bond donors (Lipinski definition) is 0. The van der Waals surface area contributed by atoms with Crippen LogP contribution in [0.5, 0.6) is 0 Å². The highest BCUT2D eigenvalue weighted by Crippen LogP contribution is 2.47. The lowest BCUT2D eigenvalue weighted by Gasteiger charge is -2.46. The number of carbonyl (C=O) groups excluding carboxylic acids is 1. The fourth-order valence-electron chi connectivity index (χ4n) is 5.20. The van der Waals surface area contributed by atoms with Crippen LogP contribution in [-0.4, -0.2) is 29.9 Å². The summed E-state index contributed by atoms with van der Waals surface area (Å²) in [5.41, 5.74) is 3.57. The molecule has 2 saturated heterocycles. The zero-order valence-electron chi connectivity index (χ0n) is 19.1. The molecule has 2 fully saturated rings. The van der Waals surface area contributed by atoms with E-state index in [1.807, 2.05) is 102 Å². The maximum Gasteiger partial charge on any atom is 0.337 e. The summed E-state index contributed by atoms with van der Waals surface area (Å²) in [5.74, 6) is -1.04. The Hall–Kier alpha value is -4.16. The van der Waals surface area contributed by atoms with Gasteiger partial charge in [0.1, 0.15) is 0 Å². The lowest BCUT2D eigenvalue weighted by Crippen LogP contribution is -2.67. The van der Waals surface area contributed by atoms with Crippen molar-refractivity contribution in [2.75, 3.05) is 32.7 Å². The van der Waals surface area contributed by atoms with Crippen molar-refractivity contribution in [2.45, 2.75) is 5.79 Å². The Balaban J connectivity index is 1.64. The van der Waals surface area contributed by atoms with E-state index in [1.54, 1.807) is 4.90 Å². The van der Waals surface area contributed by atoms with Crippen molar-refractivity contribution in [1.29, 1.82) is 0 Å². The Kier molecular flexibility index (Phi) is 5.23. The van der Waals surface area contributed by atoms with Crippen LogP contribution in [0.25, 0.3) is 0 Å². The fourth-order valence-corrected chi connectivity index (χ4v) is 5.70. The topological polar surface area (TPSA) is 30.0 Å². The molecule has 0 saturated carbocycles. The average Bonchev–Trinajstić information content (AvgIpc) is 3.42. The summed E-state index contributed by atoms with van der Waals surface area (Å²) in [6.07, 6.45) is 0. The third-order valence-corrected chi connectivity index (χ3v) is 7.11. The van der Waals surface area contributed by atoms with Crippen LogP contribution in [0, 0.1) is 0 Å². The van der Waals surface area contributed by atoms with Gasteiger partial charge in [-0.3, -0.25) is 4.90 Å². The molecule has 2 aliphatic rings. The van der Waals surface area contributed by atoms with Crippen molar-refractivity contribution in [2.24, 2.45) is 0 Å². The highest BCUT2D eigenvalue weighted by atomic mass is 32.1. The first kappa shape index (κ1) is 21.4. The number of anilines is 4. The third kappa shape index (κ3) is 3.21. The summed E-state index contributed by atoms with van der Waals surface area (Å²) < 4.78 is 0. The first-order valence-electron chi connectivity index (χ1n) is 11.7. The first-order valence-corrected chi connectivity index (χ1v) is 12.1. The molecule has 35 heavy (non-hydrogen) atoms. The summed E-state index contributed by atoms with van der Waals surface area (Å²) >= 11 is 6.28. The molecule has 0 aliphatic carbocycles. The maximum absolute atomic E-state index is 14.3. The minimum absolute atomic E-state index is 0.170. The Morgan fingerprint density at radius 2 is 0.914 bits per heavy atom. The number of para-hydroxylation sites is 4. The van der Waals surface area contributed by atoms with E-state index in [0.717, 1.165) is 22.7 Å². The van der Waals surface area contributed by atoms with E-state index >= 15 is 0 Å². The van der Waals surface area contributed by atoms with Crippen LogP contribution in [0.1, 0.15) is 0 Å². The Morgan fingerprint density at radius 3 is 1.34 bits per heavy atom. The number of benzene rings is 4. The van der Waals surface area contributed by atoms with Gasteiger partial charge < -0.3 is 9.80 Å². The van der Waals surface area contributed by atoms with Crippen LogP contribution >= 0.6 is 12.2 Å². The molecule has 2 amide bonds. The van der Waals surface area contributed by atoms with Crippen molar-refractivity contribution >= 4 is 46.0 Å². The SMILES string of the molecule is O=C1N(c2ccccc2)C(=S)C2(N(c3ccccc3)CCN2c2ccccc2)N1c1ccccc1. The average molecular weight is 477 g/mol. The van der Waals surface area contributed by atoms with Crippen molar-refractivity contribution in [3.8, 4) is 0 Å². The normalized spacial score (nSPS) is 17.0. The van der Waals surface area contributed by atoms with Crippen molar-refractivity contribution in [3.05, 3.63) is 121 Å². The highest BCUT2D eigenvalue weighted by Gasteiger charge is 2.65. The van der Waals surface area contributed by atoms with Gasteiger partial charge in [-0.1, -0.05) is 85.0 Å². The van der Waals surface area contributed by atoms with Gasteiger partial charge in [0, 0.05) is 24.5 Å². The fraction of sp³-hybridized carbons (Fsp3) is 0.103. The summed E-state index contributed by atoms with van der Waals surface area (Å²) in [4.78, 5) is 22.9. The molecular formula is C29H24N4OS. The minimum Gasteiger partial charge on any atom is -0.324 e. The Bertz CT molecular complexity index is 1300. The number of nitrogens with zero attached hydrogens (tertiary/aromatic N) is 4. The van der Waals surface area contributed by atoms with Crippen molar-refractivity contribution in [1.82, 2.24) is 0 Å². The zero-order valence-corrected chi connectivity index (χ0v) is 19.9. The van der Waals surface area contributed by atoms with Gasteiger partial charge in [0.15, 0.2) is 4.99 Å². The molecule has 4 aromatic carbocycles. The summed E-state index contributed by atoms with van der Waals surface area (Å²) in [6.45, 7) is 1.41. The predicted molar refractivity (Wildman–Crippen MR) is 146 cm³/mol. The van der Waals surface area contributed by atoms with Gasteiger partial charge in [-0.15, -0.1) is 0 Å². The molecule has 5 nitrogen and oxygen atoms in total. The number of carbonyl (C=O) groups is 1. The van der Waals surface area contributed by atoms with E-state index < -0.39 is 5.79 Å². The minimum atomic E-state index is -1.04. The molecule has 172 valence electrons. The molecule has 1 spiro atoms. The van der Waals surface area contributed by atoms with Crippen LogP contribution < -0.4 is 19.6 Å². The Morgan fingerprint density at radius 1 is 0.543 bits per heavy atom. The second kappa shape index (κ2) is 8.56. The molecule has 2 heterocycles. The second-order valence-corrected chi connectivity index (χ2v) is 8.93. The molecule has 0 unspecified atom stereocenters. The van der Waals surface area contributed by atoms with Gasteiger partial charge in [-0.05, 0) is 48.5 Å². The smallest absolute Gasteiger partial charge is 0.324 e. The van der Waals surface area contributed by atoms with Crippen LogP contribution in [-0.2, 0) is 0 Å². The van der Waals surface area contributed by atoms with Crippen LogP contribution in [0.3, 0.4) is 0 Å². The highest BCUT2D eigenvalue weighted by molar-refractivity contribution is 7.81. The summed E-state index contributed by atoms with van der Waals surface area (Å²) in [5, 5.41) is 0. The van der Waals surface area contributed by atoms with Crippen molar-refractivity contribution < 1.29 is 4.79 Å². The predicted octanol–water partition coefficient (Wildman–Crippen LogP) is 6.14. The molecule has 6 rings (SSSR count). The van der Waals surface area contributed by atoms with E-state index in [4.69, 9.17) is 12.2 Å². The number of rotatable bonds is 4. The summed E-state index contributed by atoms with van der Waals surface area (Å²) in [7, 11) is 0. The van der Waals surface area contributed by atoms with E-state index in [1.165, 1.54) is 0 Å². The monoisotopic (exact) mass is 476 g/mol. The van der Waals surface area contributed by atoms with Gasteiger partial charge in [-0.2, -0.15) is 0 Å². The van der Waals surface area contributed by atoms with Crippen molar-refractivity contribution in [3.63, 3.8) is 0 Å². The van der Waals surface area contributed by atoms with E-state index in [0.29, 0.717) is 18.1 Å². The molecule has 0 N–H and O–H groups in total. The van der Waals surface area contributed by atoms with Crippen LogP contribution in [0.4, 0.5) is 27.5 Å². The number of thiocarbonyl (C=S) groups is 1.